The predicted octanol–water partition coefficient (Wildman–Crippen LogP) is 2.81. The molecule has 2 aromatic heterocycles. The highest BCUT2D eigenvalue weighted by atomic mass is 32.1. The van der Waals surface area contributed by atoms with Gasteiger partial charge in [-0.05, 0) is 51.6 Å². The molecule has 0 unspecified atom stereocenters. The summed E-state index contributed by atoms with van der Waals surface area (Å²) in [6, 6.07) is 0.684. The number of aromatic nitrogens is 3. The van der Waals surface area contributed by atoms with E-state index >= 15 is 0 Å². The van der Waals surface area contributed by atoms with Crippen LogP contribution in [0.1, 0.15) is 42.7 Å². The van der Waals surface area contributed by atoms with Gasteiger partial charge >= 0.3 is 0 Å². The Labute approximate surface area is 148 Å². The molecule has 130 valence electrons. The highest BCUT2D eigenvalue weighted by Crippen LogP contribution is 2.56. The van der Waals surface area contributed by atoms with Crippen LogP contribution in [0.25, 0.3) is 0 Å². The van der Waals surface area contributed by atoms with Crippen molar-refractivity contribution in [3.05, 3.63) is 34.3 Å². The van der Waals surface area contributed by atoms with Crippen LogP contribution >= 0.6 is 11.3 Å². The van der Waals surface area contributed by atoms with Gasteiger partial charge in [-0.2, -0.15) is 0 Å². The molecule has 1 aliphatic heterocycles. The summed E-state index contributed by atoms with van der Waals surface area (Å²) in [7, 11) is 0. The van der Waals surface area contributed by atoms with Crippen LogP contribution < -0.4 is 5.32 Å². The molecule has 1 saturated heterocycles. The van der Waals surface area contributed by atoms with Gasteiger partial charge in [0.1, 0.15) is 5.82 Å². The molecule has 1 atom stereocenters. The predicted molar refractivity (Wildman–Crippen MR) is 96.9 cm³/mol. The first kappa shape index (κ1) is 16.2. The lowest BCUT2D eigenvalue weighted by atomic mass is 9.93. The quantitative estimate of drug-likeness (QED) is 0.874. The number of rotatable bonds is 6. The van der Waals surface area contributed by atoms with Gasteiger partial charge in [0, 0.05) is 36.9 Å². The Balaban J connectivity index is 1.53. The maximum absolute atomic E-state index is 4.70. The molecule has 1 saturated carbocycles. The number of aryl methyl sites for hydroxylation is 2. The van der Waals surface area contributed by atoms with Crippen LogP contribution in [0.4, 0.5) is 0 Å². The van der Waals surface area contributed by atoms with Crippen molar-refractivity contribution in [3.8, 4) is 0 Å². The molecule has 4 rings (SSSR count). The van der Waals surface area contributed by atoms with E-state index in [1.165, 1.54) is 43.9 Å². The fourth-order valence-corrected chi connectivity index (χ4v) is 4.83. The second-order valence-electron chi connectivity index (χ2n) is 7.22. The van der Waals surface area contributed by atoms with Crippen molar-refractivity contribution >= 4 is 11.3 Å². The molecule has 2 fully saturated rings. The van der Waals surface area contributed by atoms with E-state index < -0.39 is 0 Å². The van der Waals surface area contributed by atoms with E-state index in [1.807, 2.05) is 6.20 Å². The number of thiazole rings is 1. The normalized spacial score (nSPS) is 22.4. The van der Waals surface area contributed by atoms with Crippen LogP contribution in [0.3, 0.4) is 0 Å². The van der Waals surface area contributed by atoms with Crippen molar-refractivity contribution in [1.82, 2.24) is 24.8 Å². The molecule has 6 heteroatoms. The highest BCUT2D eigenvalue weighted by molar-refractivity contribution is 7.09. The minimum absolute atomic E-state index is 0.542. The first-order valence-corrected chi connectivity index (χ1v) is 9.94. The van der Waals surface area contributed by atoms with E-state index in [9.17, 15) is 0 Å². The number of nitrogens with one attached hydrogen (secondary N) is 1. The SMILES string of the molecule is CCn1ccnc1CN(Cc1csc(C)n1)[C@H]1CC12CCNCC2. The molecule has 0 amide bonds. The Bertz CT molecular complexity index is 685. The largest absolute Gasteiger partial charge is 0.334 e. The van der Waals surface area contributed by atoms with E-state index in [1.54, 1.807) is 11.3 Å². The number of hydrogen-bond acceptors (Lipinski definition) is 5. The lowest BCUT2D eigenvalue weighted by Gasteiger charge is -2.29. The first-order chi connectivity index (χ1) is 11.7. The third kappa shape index (κ3) is 3.15. The lowest BCUT2D eigenvalue weighted by Crippen LogP contribution is -2.36. The average Bonchev–Trinajstić information content (AvgIpc) is 2.93. The second-order valence-corrected chi connectivity index (χ2v) is 8.29. The third-order valence-corrected chi connectivity index (χ3v) is 6.53. The zero-order valence-corrected chi connectivity index (χ0v) is 15.5. The molecule has 0 bridgehead atoms. The summed E-state index contributed by atoms with van der Waals surface area (Å²) in [5.74, 6) is 1.18. The van der Waals surface area contributed by atoms with E-state index in [0.29, 0.717) is 11.5 Å². The molecular weight excluding hydrogens is 318 g/mol. The maximum Gasteiger partial charge on any atom is 0.122 e. The van der Waals surface area contributed by atoms with Crippen molar-refractivity contribution in [1.29, 1.82) is 0 Å². The van der Waals surface area contributed by atoms with Crippen LogP contribution in [0.15, 0.2) is 17.8 Å². The van der Waals surface area contributed by atoms with Gasteiger partial charge in [-0.25, -0.2) is 9.97 Å². The van der Waals surface area contributed by atoms with Gasteiger partial charge in [0.25, 0.3) is 0 Å². The van der Waals surface area contributed by atoms with Crippen LogP contribution in [0, 0.1) is 12.3 Å². The monoisotopic (exact) mass is 345 g/mol. The minimum Gasteiger partial charge on any atom is -0.334 e. The third-order valence-electron chi connectivity index (χ3n) is 5.71. The van der Waals surface area contributed by atoms with Crippen LogP contribution in [-0.2, 0) is 19.6 Å². The average molecular weight is 346 g/mol. The van der Waals surface area contributed by atoms with Gasteiger partial charge in [0.05, 0.1) is 17.2 Å². The van der Waals surface area contributed by atoms with Gasteiger partial charge in [-0.3, -0.25) is 4.90 Å². The molecular formula is C18H27N5S. The topological polar surface area (TPSA) is 46.0 Å². The number of piperidine rings is 1. The molecule has 3 heterocycles. The summed E-state index contributed by atoms with van der Waals surface area (Å²) >= 11 is 1.75. The Kier molecular flexibility index (Phi) is 4.45. The summed E-state index contributed by atoms with van der Waals surface area (Å²) in [6.45, 7) is 9.47. The Morgan fingerprint density at radius 1 is 1.38 bits per heavy atom. The molecule has 1 spiro atoms. The summed E-state index contributed by atoms with van der Waals surface area (Å²) in [4.78, 5) is 11.9. The lowest BCUT2D eigenvalue weighted by molar-refractivity contribution is 0.180. The number of imidazole rings is 1. The smallest absolute Gasteiger partial charge is 0.122 e. The summed E-state index contributed by atoms with van der Waals surface area (Å²) < 4.78 is 2.26. The molecule has 1 aliphatic carbocycles. The van der Waals surface area contributed by atoms with Crippen molar-refractivity contribution in [2.75, 3.05) is 13.1 Å². The molecule has 0 radical (unpaired) electrons. The summed E-state index contributed by atoms with van der Waals surface area (Å²) in [6.07, 6.45) is 7.98. The molecule has 24 heavy (non-hydrogen) atoms. The summed E-state index contributed by atoms with van der Waals surface area (Å²) in [5.41, 5.74) is 1.75. The zero-order chi connectivity index (χ0) is 16.6. The summed E-state index contributed by atoms with van der Waals surface area (Å²) in [5, 5.41) is 6.89. The minimum atomic E-state index is 0.542. The van der Waals surface area contributed by atoms with Crippen LogP contribution in [0.5, 0.6) is 0 Å². The van der Waals surface area contributed by atoms with Gasteiger partial charge in [0.15, 0.2) is 0 Å². The molecule has 2 aliphatic rings. The van der Waals surface area contributed by atoms with Crippen molar-refractivity contribution in [2.24, 2.45) is 5.41 Å². The van der Waals surface area contributed by atoms with Crippen LogP contribution in [-0.4, -0.2) is 38.6 Å². The Hall–Kier alpha value is -1.24. The van der Waals surface area contributed by atoms with Gasteiger partial charge in [-0.15, -0.1) is 11.3 Å². The Morgan fingerprint density at radius 2 is 2.21 bits per heavy atom. The number of hydrogen-bond donors (Lipinski definition) is 1. The fraction of sp³-hybridized carbons (Fsp3) is 0.667. The second kappa shape index (κ2) is 6.58. The van der Waals surface area contributed by atoms with Crippen molar-refractivity contribution in [2.45, 2.75) is 58.8 Å². The van der Waals surface area contributed by atoms with Crippen molar-refractivity contribution in [3.63, 3.8) is 0 Å². The van der Waals surface area contributed by atoms with E-state index in [4.69, 9.17) is 4.98 Å². The molecule has 2 aromatic rings. The first-order valence-electron chi connectivity index (χ1n) is 9.06. The fourth-order valence-electron chi connectivity index (χ4n) is 4.23. The van der Waals surface area contributed by atoms with E-state index in [0.717, 1.165) is 24.6 Å². The maximum atomic E-state index is 4.70. The van der Waals surface area contributed by atoms with E-state index in [-0.39, 0.29) is 0 Å². The standard InChI is InChI=1S/C18H27N5S/c1-3-22-9-8-20-17(22)12-23(11-15-13-24-14(2)21-15)16-10-18(16)4-6-19-7-5-18/h8-9,13,16,19H,3-7,10-12H2,1-2H3/t16-/m0/s1. The van der Waals surface area contributed by atoms with Crippen LogP contribution in [0.2, 0.25) is 0 Å². The molecule has 1 N–H and O–H groups in total. The van der Waals surface area contributed by atoms with Crippen molar-refractivity contribution < 1.29 is 0 Å². The highest BCUT2D eigenvalue weighted by Gasteiger charge is 2.56. The Morgan fingerprint density at radius 3 is 2.92 bits per heavy atom. The van der Waals surface area contributed by atoms with E-state index in [2.05, 4.69) is 45.2 Å². The van der Waals surface area contributed by atoms with Gasteiger partial charge < -0.3 is 9.88 Å². The molecule has 5 nitrogen and oxygen atoms in total. The molecule has 0 aromatic carbocycles. The number of nitrogens with zero attached hydrogens (tertiary/aromatic N) is 4. The van der Waals surface area contributed by atoms with Gasteiger partial charge in [0.2, 0.25) is 0 Å². The zero-order valence-electron chi connectivity index (χ0n) is 14.7. The van der Waals surface area contributed by atoms with Gasteiger partial charge in [-0.1, -0.05) is 0 Å².